The van der Waals surface area contributed by atoms with Crippen molar-refractivity contribution in [3.8, 4) is 0 Å². The molecule has 7 heteroatoms. The maximum atomic E-state index is 13.4. The standard InChI is InChI=1S/C19H22FN5O/c20-15-3-1-2-12(6-15)8-24-9-13-7-17-22-23-18(19(26)21-16-4-5-16)25(17)11-14(13)10-24/h1-3,6,13-14,16H,4-5,7-11H2,(H,21,26)/t13-,14+/m0/s1. The van der Waals surface area contributed by atoms with Crippen molar-refractivity contribution in [1.29, 1.82) is 0 Å². The Morgan fingerprint density at radius 1 is 1.19 bits per heavy atom. The van der Waals surface area contributed by atoms with E-state index >= 15 is 0 Å². The minimum Gasteiger partial charge on any atom is -0.347 e. The third kappa shape index (κ3) is 3.00. The van der Waals surface area contributed by atoms with E-state index in [2.05, 4.69) is 20.4 Å². The molecule has 6 nitrogen and oxygen atoms in total. The number of benzene rings is 1. The lowest BCUT2D eigenvalue weighted by Crippen LogP contribution is -2.33. The van der Waals surface area contributed by atoms with E-state index in [1.807, 2.05) is 10.6 Å². The molecule has 26 heavy (non-hydrogen) atoms. The highest BCUT2D eigenvalue weighted by Crippen LogP contribution is 2.33. The van der Waals surface area contributed by atoms with Crippen molar-refractivity contribution in [3.05, 3.63) is 47.3 Å². The third-order valence-electron chi connectivity index (χ3n) is 5.75. The van der Waals surface area contributed by atoms with E-state index in [1.54, 1.807) is 12.1 Å². The van der Waals surface area contributed by atoms with Gasteiger partial charge in [0, 0.05) is 38.6 Å². The number of carbonyl (C=O) groups excluding carboxylic acids is 1. The quantitative estimate of drug-likeness (QED) is 0.905. The highest BCUT2D eigenvalue weighted by molar-refractivity contribution is 5.91. The number of fused-ring (bicyclic) bond motifs is 2. The molecule has 1 amide bonds. The third-order valence-corrected chi connectivity index (χ3v) is 5.75. The van der Waals surface area contributed by atoms with Gasteiger partial charge in [0.05, 0.1) is 0 Å². The first-order valence-corrected chi connectivity index (χ1v) is 9.35. The van der Waals surface area contributed by atoms with Crippen LogP contribution in [0.3, 0.4) is 0 Å². The molecule has 1 N–H and O–H groups in total. The average molecular weight is 355 g/mol. The summed E-state index contributed by atoms with van der Waals surface area (Å²) in [5.74, 6) is 2.10. The highest BCUT2D eigenvalue weighted by Gasteiger charge is 2.39. The van der Waals surface area contributed by atoms with Gasteiger partial charge in [-0.3, -0.25) is 9.69 Å². The molecule has 5 rings (SSSR count). The zero-order valence-electron chi connectivity index (χ0n) is 14.6. The second kappa shape index (κ2) is 6.16. The summed E-state index contributed by atoms with van der Waals surface area (Å²) in [6.07, 6.45) is 2.98. The largest absolute Gasteiger partial charge is 0.347 e. The number of amides is 1. The van der Waals surface area contributed by atoms with E-state index in [-0.39, 0.29) is 11.7 Å². The second-order valence-corrected chi connectivity index (χ2v) is 7.85. The van der Waals surface area contributed by atoms with Gasteiger partial charge in [0.15, 0.2) is 0 Å². The van der Waals surface area contributed by atoms with Gasteiger partial charge in [-0.15, -0.1) is 10.2 Å². The molecule has 0 spiro atoms. The fraction of sp³-hybridized carbons (Fsp3) is 0.526. The van der Waals surface area contributed by atoms with Crippen LogP contribution in [0.15, 0.2) is 24.3 Å². The van der Waals surface area contributed by atoms with Crippen LogP contribution in [0.2, 0.25) is 0 Å². The van der Waals surface area contributed by atoms with Crippen LogP contribution in [0, 0.1) is 17.7 Å². The summed E-state index contributed by atoms with van der Waals surface area (Å²) in [7, 11) is 0. The molecule has 1 aromatic heterocycles. The first-order valence-electron chi connectivity index (χ1n) is 9.35. The molecule has 2 atom stereocenters. The van der Waals surface area contributed by atoms with Gasteiger partial charge in [0.25, 0.3) is 5.91 Å². The minimum absolute atomic E-state index is 0.0979. The fourth-order valence-electron chi connectivity index (χ4n) is 4.29. The van der Waals surface area contributed by atoms with Crippen molar-refractivity contribution in [2.45, 2.75) is 38.4 Å². The Kier molecular flexibility index (Phi) is 3.77. The van der Waals surface area contributed by atoms with Gasteiger partial charge < -0.3 is 9.88 Å². The first-order chi connectivity index (χ1) is 12.7. The predicted molar refractivity (Wildman–Crippen MR) is 92.9 cm³/mol. The monoisotopic (exact) mass is 355 g/mol. The van der Waals surface area contributed by atoms with Crippen LogP contribution < -0.4 is 5.32 Å². The zero-order valence-corrected chi connectivity index (χ0v) is 14.6. The van der Waals surface area contributed by atoms with Crippen LogP contribution in [-0.4, -0.2) is 44.7 Å². The van der Waals surface area contributed by atoms with E-state index in [1.165, 1.54) is 6.07 Å². The molecular weight excluding hydrogens is 333 g/mol. The van der Waals surface area contributed by atoms with Crippen molar-refractivity contribution < 1.29 is 9.18 Å². The molecule has 0 unspecified atom stereocenters. The molecule has 2 aliphatic heterocycles. The van der Waals surface area contributed by atoms with E-state index in [4.69, 9.17) is 0 Å². The van der Waals surface area contributed by atoms with Gasteiger partial charge in [-0.2, -0.15) is 0 Å². The summed E-state index contributed by atoms with van der Waals surface area (Å²) in [5.41, 5.74) is 1.01. The number of carbonyl (C=O) groups is 1. The minimum atomic E-state index is -0.184. The summed E-state index contributed by atoms with van der Waals surface area (Å²) >= 11 is 0. The number of likely N-dealkylation sites (tertiary alicyclic amines) is 1. The molecule has 1 saturated heterocycles. The number of hydrogen-bond acceptors (Lipinski definition) is 4. The van der Waals surface area contributed by atoms with Crippen molar-refractivity contribution in [1.82, 2.24) is 25.0 Å². The smallest absolute Gasteiger partial charge is 0.289 e. The molecule has 3 heterocycles. The molecule has 0 bridgehead atoms. The maximum Gasteiger partial charge on any atom is 0.289 e. The van der Waals surface area contributed by atoms with Crippen molar-refractivity contribution >= 4 is 5.91 Å². The average Bonchev–Trinajstić information content (AvgIpc) is 3.19. The maximum absolute atomic E-state index is 13.4. The summed E-state index contributed by atoms with van der Waals surface area (Å²) in [4.78, 5) is 14.8. The molecule has 1 aromatic carbocycles. The number of hydrogen-bond donors (Lipinski definition) is 1. The van der Waals surface area contributed by atoms with Gasteiger partial charge in [0.1, 0.15) is 11.6 Å². The van der Waals surface area contributed by atoms with Crippen LogP contribution >= 0.6 is 0 Å². The Hall–Kier alpha value is -2.28. The molecule has 0 radical (unpaired) electrons. The lowest BCUT2D eigenvalue weighted by atomic mass is 9.89. The number of nitrogens with one attached hydrogen (secondary N) is 1. The Morgan fingerprint density at radius 3 is 2.85 bits per heavy atom. The molecule has 136 valence electrons. The SMILES string of the molecule is O=C(NC1CC1)c1nnc2n1C[C@H]1CN(Cc3cccc(F)c3)C[C@@H]1C2. The molecule has 1 saturated carbocycles. The van der Waals surface area contributed by atoms with Crippen LogP contribution in [0.4, 0.5) is 4.39 Å². The topological polar surface area (TPSA) is 63.1 Å². The van der Waals surface area contributed by atoms with Crippen molar-refractivity contribution in [2.75, 3.05) is 13.1 Å². The number of rotatable bonds is 4. The Labute approximate surface area is 151 Å². The molecule has 2 fully saturated rings. The summed E-state index contributed by atoms with van der Waals surface area (Å²) < 4.78 is 15.4. The lowest BCUT2D eigenvalue weighted by molar-refractivity contribution is 0.0932. The van der Waals surface area contributed by atoms with Gasteiger partial charge in [-0.05, 0) is 42.4 Å². The normalized spacial score (nSPS) is 25.0. The first kappa shape index (κ1) is 15.9. The molecule has 2 aromatic rings. The Balaban J connectivity index is 1.28. The molecule has 1 aliphatic carbocycles. The van der Waals surface area contributed by atoms with Gasteiger partial charge in [-0.1, -0.05) is 12.1 Å². The van der Waals surface area contributed by atoms with Crippen LogP contribution in [0.1, 0.15) is 34.8 Å². The summed E-state index contributed by atoms with van der Waals surface area (Å²) in [6.45, 7) is 3.50. The van der Waals surface area contributed by atoms with Crippen molar-refractivity contribution in [3.63, 3.8) is 0 Å². The Bertz CT molecular complexity index is 846. The van der Waals surface area contributed by atoms with Crippen molar-refractivity contribution in [2.24, 2.45) is 11.8 Å². The predicted octanol–water partition coefficient (Wildman–Crippen LogP) is 1.61. The van der Waals surface area contributed by atoms with E-state index in [9.17, 15) is 9.18 Å². The zero-order chi connectivity index (χ0) is 17.7. The summed E-state index contributed by atoms with van der Waals surface area (Å²) in [5, 5.41) is 11.4. The fourth-order valence-corrected chi connectivity index (χ4v) is 4.29. The van der Waals surface area contributed by atoms with Crippen LogP contribution in [0.25, 0.3) is 0 Å². The van der Waals surface area contributed by atoms with Gasteiger partial charge in [-0.25, -0.2) is 4.39 Å². The van der Waals surface area contributed by atoms with E-state index < -0.39 is 0 Å². The second-order valence-electron chi connectivity index (χ2n) is 7.85. The Morgan fingerprint density at radius 2 is 2.04 bits per heavy atom. The van der Waals surface area contributed by atoms with Gasteiger partial charge >= 0.3 is 0 Å². The summed E-state index contributed by atoms with van der Waals surface area (Å²) in [6, 6.07) is 7.14. The van der Waals surface area contributed by atoms with Gasteiger partial charge in [0.2, 0.25) is 5.82 Å². The number of nitrogens with zero attached hydrogens (tertiary/aromatic N) is 4. The highest BCUT2D eigenvalue weighted by atomic mass is 19.1. The van der Waals surface area contributed by atoms with E-state index in [0.29, 0.717) is 23.7 Å². The van der Waals surface area contributed by atoms with Crippen LogP contribution in [-0.2, 0) is 19.5 Å². The molecule has 3 aliphatic rings. The molecular formula is C19H22FN5O. The van der Waals surface area contributed by atoms with E-state index in [0.717, 1.165) is 56.8 Å². The van der Waals surface area contributed by atoms with Crippen LogP contribution in [0.5, 0.6) is 0 Å². The number of halogens is 1. The number of aromatic nitrogens is 3. The lowest BCUT2D eigenvalue weighted by Gasteiger charge is -2.25.